The number of nitrogens with zero attached hydrogens (tertiary/aromatic N) is 3. The van der Waals surface area contributed by atoms with Crippen LogP contribution in [0.15, 0.2) is 90.0 Å². The molecule has 208 valence electrons. The van der Waals surface area contributed by atoms with E-state index in [1.54, 1.807) is 18.2 Å². The number of carbonyl (C=O) groups is 1. The summed E-state index contributed by atoms with van der Waals surface area (Å²) in [5, 5.41) is 26.2. The van der Waals surface area contributed by atoms with Gasteiger partial charge in [-0.25, -0.2) is 5.43 Å². The number of hydrogen-bond donors (Lipinski definition) is 1. The second-order valence-corrected chi connectivity index (χ2v) is 9.21. The monoisotopic (exact) mass is 554 g/mol. The molecule has 0 aliphatic heterocycles. The van der Waals surface area contributed by atoms with Gasteiger partial charge in [-0.2, -0.15) is 5.10 Å². The topological polar surface area (TPSA) is 146 Å². The van der Waals surface area contributed by atoms with E-state index < -0.39 is 27.1 Å². The molecule has 0 saturated carbocycles. The molecule has 4 rings (SSSR count). The molecular formula is C30H26N4O7. The number of aryl methyl sites for hydroxylation is 2. The van der Waals surface area contributed by atoms with E-state index >= 15 is 0 Å². The van der Waals surface area contributed by atoms with Crippen LogP contribution in [-0.2, 0) is 13.2 Å². The highest BCUT2D eigenvalue weighted by Crippen LogP contribution is 2.26. The van der Waals surface area contributed by atoms with Gasteiger partial charge in [0.2, 0.25) is 0 Å². The fraction of sp³-hybridized carbons (Fsp3) is 0.133. The second kappa shape index (κ2) is 13.0. The molecule has 0 unspecified atom stereocenters. The minimum atomic E-state index is -0.853. The fourth-order valence-electron chi connectivity index (χ4n) is 3.93. The van der Waals surface area contributed by atoms with Crippen LogP contribution in [0.5, 0.6) is 11.5 Å². The van der Waals surface area contributed by atoms with E-state index in [0.29, 0.717) is 23.7 Å². The number of carbonyl (C=O) groups excluding carboxylic acids is 1. The number of amides is 1. The zero-order valence-electron chi connectivity index (χ0n) is 22.3. The number of nitro benzene ring substituents is 2. The van der Waals surface area contributed by atoms with E-state index in [9.17, 15) is 25.0 Å². The second-order valence-electron chi connectivity index (χ2n) is 9.21. The summed E-state index contributed by atoms with van der Waals surface area (Å²) in [5.41, 5.74) is 5.52. The number of non-ortho nitro benzene ring substituents is 2. The van der Waals surface area contributed by atoms with Crippen LogP contribution >= 0.6 is 0 Å². The van der Waals surface area contributed by atoms with Gasteiger partial charge in [-0.3, -0.25) is 25.0 Å². The molecule has 0 fully saturated rings. The molecule has 11 nitrogen and oxygen atoms in total. The molecule has 1 N–H and O–H groups in total. The van der Waals surface area contributed by atoms with Crippen LogP contribution in [0.25, 0.3) is 0 Å². The molecule has 0 aliphatic carbocycles. The van der Waals surface area contributed by atoms with E-state index in [4.69, 9.17) is 9.47 Å². The molecule has 0 spiro atoms. The van der Waals surface area contributed by atoms with Gasteiger partial charge in [0.05, 0.1) is 27.7 Å². The lowest BCUT2D eigenvalue weighted by Gasteiger charge is -2.13. The van der Waals surface area contributed by atoms with Crippen molar-refractivity contribution in [1.29, 1.82) is 0 Å². The van der Waals surface area contributed by atoms with Crippen molar-refractivity contribution in [2.75, 3.05) is 0 Å². The Balaban J connectivity index is 1.53. The van der Waals surface area contributed by atoms with Gasteiger partial charge in [-0.15, -0.1) is 0 Å². The number of nitrogens with one attached hydrogen (secondary N) is 1. The molecular weight excluding hydrogens is 528 g/mol. The van der Waals surface area contributed by atoms with Crippen molar-refractivity contribution < 1.29 is 24.1 Å². The van der Waals surface area contributed by atoms with E-state index in [1.807, 2.05) is 62.4 Å². The smallest absolute Gasteiger partial charge is 0.277 e. The highest BCUT2D eigenvalue weighted by Gasteiger charge is 2.19. The van der Waals surface area contributed by atoms with Crippen LogP contribution in [0.2, 0.25) is 0 Å². The maximum absolute atomic E-state index is 12.6. The number of rotatable bonds is 11. The summed E-state index contributed by atoms with van der Waals surface area (Å²) in [6.07, 6.45) is 1.35. The summed E-state index contributed by atoms with van der Waals surface area (Å²) in [7, 11) is 0. The van der Waals surface area contributed by atoms with Crippen LogP contribution in [0.3, 0.4) is 0 Å². The van der Waals surface area contributed by atoms with Gasteiger partial charge in [-0.1, -0.05) is 59.7 Å². The minimum absolute atomic E-state index is 0.271. The molecule has 1 amide bonds. The molecule has 41 heavy (non-hydrogen) atoms. The normalized spacial score (nSPS) is 10.8. The predicted molar refractivity (Wildman–Crippen MR) is 152 cm³/mol. The first-order chi connectivity index (χ1) is 19.7. The standard InChI is InChI=1S/C30H26N4O7/c1-20-5-3-7-22(11-20)18-40-28-10-9-24(29(16-28)41-19-23-8-4-6-21(2)12-23)17-31-32-30(35)25-13-26(33(36)37)15-27(14-25)34(38)39/h3-17H,18-19H2,1-2H3,(H,32,35)/b31-17-. The van der Waals surface area contributed by atoms with Gasteiger partial charge in [0.25, 0.3) is 17.3 Å². The summed E-state index contributed by atoms with van der Waals surface area (Å²) in [4.78, 5) is 33.2. The highest BCUT2D eigenvalue weighted by molar-refractivity contribution is 5.96. The maximum Gasteiger partial charge on any atom is 0.277 e. The van der Waals surface area contributed by atoms with Crippen LogP contribution < -0.4 is 14.9 Å². The summed E-state index contributed by atoms with van der Waals surface area (Å²) >= 11 is 0. The Morgan fingerprint density at radius 1 is 0.805 bits per heavy atom. The van der Waals surface area contributed by atoms with E-state index in [0.717, 1.165) is 40.5 Å². The zero-order chi connectivity index (χ0) is 29.4. The van der Waals surface area contributed by atoms with Gasteiger partial charge >= 0.3 is 0 Å². The largest absolute Gasteiger partial charge is 0.489 e. The SMILES string of the molecule is Cc1cccc(COc2ccc(/C=N\NC(=O)c3cc([N+](=O)[O-])cc([N+](=O)[O-])c3)c(OCc3cccc(C)c3)c2)c1. The Morgan fingerprint density at radius 3 is 1.95 bits per heavy atom. The van der Waals surface area contributed by atoms with Crippen molar-refractivity contribution in [3.8, 4) is 11.5 Å². The van der Waals surface area contributed by atoms with E-state index in [2.05, 4.69) is 10.5 Å². The van der Waals surface area contributed by atoms with Crippen LogP contribution in [0.4, 0.5) is 11.4 Å². The molecule has 0 heterocycles. The third kappa shape index (κ3) is 7.96. The number of nitro groups is 2. The lowest BCUT2D eigenvalue weighted by Crippen LogP contribution is -2.18. The van der Waals surface area contributed by atoms with Crippen molar-refractivity contribution in [3.05, 3.63) is 139 Å². The van der Waals surface area contributed by atoms with Gasteiger partial charge in [0.15, 0.2) is 0 Å². The van der Waals surface area contributed by atoms with Crippen LogP contribution in [0, 0.1) is 34.1 Å². The number of benzene rings is 4. The molecule has 0 aliphatic rings. The van der Waals surface area contributed by atoms with E-state index in [1.165, 1.54) is 6.21 Å². The fourth-order valence-corrected chi connectivity index (χ4v) is 3.93. The lowest BCUT2D eigenvalue weighted by atomic mass is 10.1. The Hall–Kier alpha value is -5.58. The molecule has 0 aromatic heterocycles. The van der Waals surface area contributed by atoms with Crippen molar-refractivity contribution in [3.63, 3.8) is 0 Å². The minimum Gasteiger partial charge on any atom is -0.489 e. The average molecular weight is 555 g/mol. The first-order valence-corrected chi connectivity index (χ1v) is 12.5. The Labute approximate surface area is 235 Å². The highest BCUT2D eigenvalue weighted by atomic mass is 16.6. The van der Waals surface area contributed by atoms with E-state index in [-0.39, 0.29) is 12.2 Å². The third-order valence-electron chi connectivity index (χ3n) is 5.91. The zero-order valence-corrected chi connectivity index (χ0v) is 22.3. The summed E-state index contributed by atoms with van der Waals surface area (Å²) in [6.45, 7) is 4.62. The number of ether oxygens (including phenoxy) is 2. The quantitative estimate of drug-likeness (QED) is 0.135. The predicted octanol–water partition coefficient (Wildman–Crippen LogP) is 6.04. The molecule has 0 bridgehead atoms. The molecule has 4 aromatic rings. The summed E-state index contributed by atoms with van der Waals surface area (Å²) < 4.78 is 12.1. The number of hydrogen-bond acceptors (Lipinski definition) is 8. The summed E-state index contributed by atoms with van der Waals surface area (Å²) in [5.74, 6) is 0.154. The lowest BCUT2D eigenvalue weighted by molar-refractivity contribution is -0.394. The third-order valence-corrected chi connectivity index (χ3v) is 5.91. The molecule has 4 aromatic carbocycles. The van der Waals surface area contributed by atoms with Gasteiger partial charge in [0, 0.05) is 23.8 Å². The van der Waals surface area contributed by atoms with Gasteiger partial charge in [-0.05, 0) is 37.1 Å². The van der Waals surface area contributed by atoms with Crippen LogP contribution in [0.1, 0.15) is 38.2 Å². The molecule has 11 heteroatoms. The Morgan fingerprint density at radius 2 is 1.39 bits per heavy atom. The molecule has 0 radical (unpaired) electrons. The number of hydrazone groups is 1. The summed E-state index contributed by atoms with van der Waals surface area (Å²) in [6, 6.07) is 23.7. The van der Waals surface area contributed by atoms with Gasteiger partial charge in [0.1, 0.15) is 24.7 Å². The molecule has 0 saturated heterocycles. The van der Waals surface area contributed by atoms with Crippen molar-refractivity contribution in [1.82, 2.24) is 5.43 Å². The Kier molecular flexibility index (Phi) is 9.00. The average Bonchev–Trinajstić information content (AvgIpc) is 2.95. The first-order valence-electron chi connectivity index (χ1n) is 12.5. The molecule has 0 atom stereocenters. The first kappa shape index (κ1) is 28.4. The Bertz CT molecular complexity index is 1600. The van der Waals surface area contributed by atoms with Crippen molar-refractivity contribution >= 4 is 23.5 Å². The van der Waals surface area contributed by atoms with Gasteiger partial charge < -0.3 is 9.47 Å². The van der Waals surface area contributed by atoms with Crippen LogP contribution in [-0.4, -0.2) is 22.0 Å². The van der Waals surface area contributed by atoms with Crippen molar-refractivity contribution in [2.24, 2.45) is 5.10 Å². The van der Waals surface area contributed by atoms with Crippen molar-refractivity contribution in [2.45, 2.75) is 27.1 Å². The maximum atomic E-state index is 12.6.